The van der Waals surface area contributed by atoms with Crippen molar-refractivity contribution >= 4 is 17.7 Å². The predicted molar refractivity (Wildman–Crippen MR) is 112 cm³/mol. The third-order valence-electron chi connectivity index (χ3n) is 6.51. The first-order chi connectivity index (χ1) is 14.8. The zero-order valence-corrected chi connectivity index (χ0v) is 17.9. The van der Waals surface area contributed by atoms with Crippen molar-refractivity contribution in [3.05, 3.63) is 41.2 Å². The van der Waals surface area contributed by atoms with E-state index in [0.29, 0.717) is 30.3 Å². The fraction of sp³-hybridized carbons (Fsp3) is 0.435. The number of imide groups is 1. The Bertz CT molecular complexity index is 1120. The molecule has 162 valence electrons. The number of aromatic nitrogens is 1. The topological polar surface area (TPSA) is 89.9 Å². The number of Topliss-reactive ketones (excluding diaryl/α,β-unsaturated/α-hetero) is 1. The van der Waals surface area contributed by atoms with Gasteiger partial charge in [0, 0.05) is 28.7 Å². The van der Waals surface area contributed by atoms with Crippen molar-refractivity contribution in [3.8, 4) is 17.2 Å². The normalized spacial score (nSPS) is 22.6. The van der Waals surface area contributed by atoms with Crippen LogP contribution in [0.4, 0.5) is 4.79 Å². The van der Waals surface area contributed by atoms with Crippen LogP contribution in [0.15, 0.2) is 24.3 Å². The molecule has 1 N–H and O–H groups in total. The van der Waals surface area contributed by atoms with Crippen molar-refractivity contribution in [2.45, 2.75) is 39.2 Å². The van der Waals surface area contributed by atoms with E-state index in [9.17, 15) is 14.4 Å². The van der Waals surface area contributed by atoms with Gasteiger partial charge in [0.1, 0.15) is 18.8 Å². The standard InChI is InChI=1S/C23H25N3O5/c1-13-10-17(14(2)26(13)16-6-7-19-20(11-16)31-9-8-30-19)18(27)12-25-21(28)23(3,15-4-5-15)24-22(25)29/h6-7,10-11,15H,4-5,8-9,12H2,1-3H3,(H,24,29)/t23-/m1/s1. The number of nitrogens with zero attached hydrogens (tertiary/aromatic N) is 2. The van der Waals surface area contributed by atoms with E-state index in [1.165, 1.54) is 0 Å². The van der Waals surface area contributed by atoms with Crippen molar-refractivity contribution < 1.29 is 23.9 Å². The Morgan fingerprint density at radius 1 is 1.13 bits per heavy atom. The summed E-state index contributed by atoms with van der Waals surface area (Å²) in [5.74, 6) is 0.951. The Balaban J connectivity index is 1.41. The molecule has 1 saturated carbocycles. The summed E-state index contributed by atoms with van der Waals surface area (Å²) >= 11 is 0. The second kappa shape index (κ2) is 6.87. The summed E-state index contributed by atoms with van der Waals surface area (Å²) in [6.45, 7) is 6.28. The maximum Gasteiger partial charge on any atom is 0.325 e. The maximum atomic E-state index is 13.1. The van der Waals surface area contributed by atoms with E-state index in [1.54, 1.807) is 13.0 Å². The number of aryl methyl sites for hydroxylation is 1. The van der Waals surface area contributed by atoms with Crippen LogP contribution in [0.5, 0.6) is 11.5 Å². The van der Waals surface area contributed by atoms with E-state index in [2.05, 4.69) is 5.32 Å². The van der Waals surface area contributed by atoms with E-state index in [0.717, 1.165) is 34.8 Å². The Hall–Kier alpha value is -3.29. The fourth-order valence-electron chi connectivity index (χ4n) is 4.64. The monoisotopic (exact) mass is 423 g/mol. The predicted octanol–water partition coefficient (Wildman–Crippen LogP) is 2.77. The minimum Gasteiger partial charge on any atom is -0.486 e. The highest BCUT2D eigenvalue weighted by molar-refractivity contribution is 6.11. The molecule has 1 saturated heterocycles. The van der Waals surface area contributed by atoms with Gasteiger partial charge in [-0.3, -0.25) is 14.5 Å². The summed E-state index contributed by atoms with van der Waals surface area (Å²) in [7, 11) is 0. The Labute approximate surface area is 180 Å². The number of carbonyl (C=O) groups excluding carboxylic acids is 3. The number of hydrogen-bond donors (Lipinski definition) is 1. The van der Waals surface area contributed by atoms with E-state index in [-0.39, 0.29) is 24.2 Å². The minimum absolute atomic E-state index is 0.157. The molecule has 5 rings (SSSR count). The lowest BCUT2D eigenvalue weighted by Crippen LogP contribution is -2.46. The molecule has 1 aromatic heterocycles. The third-order valence-corrected chi connectivity index (χ3v) is 6.51. The number of fused-ring (bicyclic) bond motifs is 1. The molecule has 1 atom stereocenters. The molecule has 2 aliphatic heterocycles. The van der Waals surface area contributed by atoms with Crippen LogP contribution in [-0.4, -0.2) is 52.5 Å². The molecular weight excluding hydrogens is 398 g/mol. The second-order valence-electron chi connectivity index (χ2n) is 8.67. The van der Waals surface area contributed by atoms with Crippen LogP contribution in [0, 0.1) is 19.8 Å². The van der Waals surface area contributed by atoms with Gasteiger partial charge in [-0.25, -0.2) is 4.79 Å². The van der Waals surface area contributed by atoms with Crippen LogP contribution >= 0.6 is 0 Å². The lowest BCUT2D eigenvalue weighted by atomic mass is 9.96. The summed E-state index contributed by atoms with van der Waals surface area (Å²) in [5.41, 5.74) is 2.08. The first-order valence-electron chi connectivity index (χ1n) is 10.6. The van der Waals surface area contributed by atoms with Crippen LogP contribution < -0.4 is 14.8 Å². The van der Waals surface area contributed by atoms with Crippen molar-refractivity contribution in [1.29, 1.82) is 0 Å². The van der Waals surface area contributed by atoms with Crippen molar-refractivity contribution in [2.24, 2.45) is 5.92 Å². The van der Waals surface area contributed by atoms with Crippen LogP contribution in [0.1, 0.15) is 41.5 Å². The van der Waals surface area contributed by atoms with Gasteiger partial charge in [-0.2, -0.15) is 0 Å². The highest BCUT2D eigenvalue weighted by Crippen LogP contribution is 2.42. The molecule has 1 aliphatic carbocycles. The zero-order chi connectivity index (χ0) is 21.9. The van der Waals surface area contributed by atoms with Gasteiger partial charge in [0.15, 0.2) is 17.3 Å². The average Bonchev–Trinajstić information content (AvgIpc) is 3.53. The molecular formula is C23H25N3O5. The summed E-state index contributed by atoms with van der Waals surface area (Å²) in [6.07, 6.45) is 1.84. The average molecular weight is 423 g/mol. The molecule has 0 bridgehead atoms. The number of ketones is 1. The van der Waals surface area contributed by atoms with E-state index in [4.69, 9.17) is 9.47 Å². The lowest BCUT2D eigenvalue weighted by Gasteiger charge is -2.20. The number of urea groups is 1. The Kier molecular flexibility index (Phi) is 4.35. The minimum atomic E-state index is -0.889. The summed E-state index contributed by atoms with van der Waals surface area (Å²) in [4.78, 5) is 39.4. The number of carbonyl (C=O) groups is 3. The largest absolute Gasteiger partial charge is 0.486 e. The van der Waals surface area contributed by atoms with Crippen LogP contribution in [0.3, 0.4) is 0 Å². The number of benzene rings is 1. The van der Waals surface area contributed by atoms with Gasteiger partial charge < -0.3 is 19.4 Å². The molecule has 8 heteroatoms. The number of ether oxygens (including phenoxy) is 2. The molecule has 3 heterocycles. The van der Waals surface area contributed by atoms with Crippen LogP contribution in [0.25, 0.3) is 5.69 Å². The summed E-state index contributed by atoms with van der Waals surface area (Å²) in [5, 5.41) is 2.79. The third kappa shape index (κ3) is 3.08. The number of rotatable bonds is 5. The highest BCUT2D eigenvalue weighted by atomic mass is 16.6. The highest BCUT2D eigenvalue weighted by Gasteiger charge is 2.56. The molecule has 0 spiro atoms. The number of hydrogen-bond acceptors (Lipinski definition) is 5. The van der Waals surface area contributed by atoms with Gasteiger partial charge >= 0.3 is 6.03 Å². The van der Waals surface area contributed by atoms with Crippen molar-refractivity contribution in [3.63, 3.8) is 0 Å². The number of amides is 3. The molecule has 8 nitrogen and oxygen atoms in total. The maximum absolute atomic E-state index is 13.1. The zero-order valence-electron chi connectivity index (χ0n) is 17.9. The second-order valence-corrected chi connectivity index (χ2v) is 8.67. The Morgan fingerprint density at radius 2 is 1.84 bits per heavy atom. The Morgan fingerprint density at radius 3 is 2.55 bits per heavy atom. The first-order valence-corrected chi connectivity index (χ1v) is 10.6. The molecule has 1 aromatic carbocycles. The molecule has 0 radical (unpaired) electrons. The van der Waals surface area contributed by atoms with Gasteiger partial charge in [-0.05, 0) is 57.7 Å². The molecule has 3 amide bonds. The fourth-order valence-corrected chi connectivity index (χ4v) is 4.64. The first kappa shape index (κ1) is 19.7. The number of nitrogens with one attached hydrogen (secondary N) is 1. The SMILES string of the molecule is Cc1cc(C(=O)CN2C(=O)N[C@](C)(C3CC3)C2=O)c(C)n1-c1ccc2c(c1)OCCO2. The van der Waals surface area contributed by atoms with Gasteiger partial charge in [0.2, 0.25) is 0 Å². The van der Waals surface area contributed by atoms with Crippen molar-refractivity contribution in [1.82, 2.24) is 14.8 Å². The molecule has 0 unspecified atom stereocenters. The van der Waals surface area contributed by atoms with E-state index in [1.807, 2.05) is 36.6 Å². The molecule has 3 aliphatic rings. The quantitative estimate of drug-likeness (QED) is 0.590. The summed E-state index contributed by atoms with van der Waals surface area (Å²) in [6, 6.07) is 6.97. The van der Waals surface area contributed by atoms with E-state index < -0.39 is 11.6 Å². The van der Waals surface area contributed by atoms with Crippen LogP contribution in [-0.2, 0) is 4.79 Å². The van der Waals surface area contributed by atoms with Gasteiger partial charge in [-0.1, -0.05) is 0 Å². The van der Waals surface area contributed by atoms with Gasteiger partial charge in [-0.15, -0.1) is 0 Å². The molecule has 31 heavy (non-hydrogen) atoms. The van der Waals surface area contributed by atoms with Gasteiger partial charge in [0.25, 0.3) is 5.91 Å². The lowest BCUT2D eigenvalue weighted by molar-refractivity contribution is -0.131. The van der Waals surface area contributed by atoms with Crippen LogP contribution in [0.2, 0.25) is 0 Å². The molecule has 2 fully saturated rings. The smallest absolute Gasteiger partial charge is 0.325 e. The van der Waals surface area contributed by atoms with Crippen molar-refractivity contribution in [2.75, 3.05) is 19.8 Å². The van der Waals surface area contributed by atoms with E-state index >= 15 is 0 Å². The van der Waals surface area contributed by atoms with Gasteiger partial charge in [0.05, 0.1) is 6.54 Å². The summed E-state index contributed by atoms with van der Waals surface area (Å²) < 4.78 is 13.2. The molecule has 2 aromatic rings.